The summed E-state index contributed by atoms with van der Waals surface area (Å²) in [5.74, 6) is -0.193. The number of aromatic nitrogens is 2. The molecule has 1 aromatic heterocycles. The van der Waals surface area contributed by atoms with Crippen LogP contribution in [0.3, 0.4) is 0 Å². The number of hydrogen-bond acceptors (Lipinski definition) is 5. The Hall–Kier alpha value is -1.79. The first-order valence-electron chi connectivity index (χ1n) is 5.87. The number of carbonyl (C=O) groups is 1. The van der Waals surface area contributed by atoms with Crippen molar-refractivity contribution in [3.8, 4) is 0 Å². The van der Waals surface area contributed by atoms with Crippen molar-refractivity contribution in [3.05, 3.63) is 40.4 Å². The fourth-order valence-electron chi connectivity index (χ4n) is 1.49. The summed E-state index contributed by atoms with van der Waals surface area (Å²) in [6, 6.07) is 7.37. The number of nitrogens with zero attached hydrogens (tertiary/aromatic N) is 2. The number of hydrogen-bond donors (Lipinski definition) is 2. The molecule has 5 nitrogen and oxygen atoms in total. The molecule has 0 unspecified atom stereocenters. The maximum atomic E-state index is 12.0. The molecule has 6 heteroatoms. The van der Waals surface area contributed by atoms with Crippen molar-refractivity contribution in [3.63, 3.8) is 0 Å². The number of anilines is 1. The van der Waals surface area contributed by atoms with E-state index < -0.39 is 5.54 Å². The first kappa shape index (κ1) is 13.6. The van der Waals surface area contributed by atoms with Crippen molar-refractivity contribution >= 4 is 22.4 Å². The smallest absolute Gasteiger partial charge is 0.257 e. The molecule has 0 fully saturated rings. The Bertz CT molecular complexity index is 601. The van der Waals surface area contributed by atoms with Crippen molar-refractivity contribution in [2.45, 2.75) is 26.3 Å². The predicted molar refractivity (Wildman–Crippen MR) is 76.3 cm³/mol. The van der Waals surface area contributed by atoms with E-state index in [1.54, 1.807) is 6.07 Å². The third-order valence-corrected chi connectivity index (χ3v) is 3.66. The number of carbonyl (C=O) groups excluding carboxylic acids is 1. The monoisotopic (exact) mass is 276 g/mol. The number of aryl methyl sites for hydroxylation is 1. The molecule has 0 aliphatic rings. The highest BCUT2D eigenvalue weighted by atomic mass is 32.1. The number of benzene rings is 1. The lowest BCUT2D eigenvalue weighted by Crippen LogP contribution is -2.28. The third-order valence-electron chi connectivity index (χ3n) is 2.48. The normalized spacial score (nSPS) is 11.4. The molecule has 1 amide bonds. The molecular formula is C13H16N4OS. The zero-order chi connectivity index (χ0) is 14.0. The van der Waals surface area contributed by atoms with E-state index in [1.165, 1.54) is 11.3 Å². The van der Waals surface area contributed by atoms with E-state index >= 15 is 0 Å². The van der Waals surface area contributed by atoms with Gasteiger partial charge in [-0.15, -0.1) is 10.2 Å². The van der Waals surface area contributed by atoms with Crippen LogP contribution < -0.4 is 11.1 Å². The van der Waals surface area contributed by atoms with Gasteiger partial charge < -0.3 is 5.73 Å². The summed E-state index contributed by atoms with van der Waals surface area (Å²) in [4.78, 5) is 12.0. The minimum absolute atomic E-state index is 0.193. The first-order valence-corrected chi connectivity index (χ1v) is 6.69. The van der Waals surface area contributed by atoms with Crippen LogP contribution in [0.5, 0.6) is 0 Å². The highest BCUT2D eigenvalue weighted by molar-refractivity contribution is 7.15. The van der Waals surface area contributed by atoms with Crippen LogP contribution in [0.25, 0.3) is 0 Å². The topological polar surface area (TPSA) is 80.9 Å². The molecule has 1 heterocycles. The van der Waals surface area contributed by atoms with Gasteiger partial charge in [-0.3, -0.25) is 10.1 Å². The summed E-state index contributed by atoms with van der Waals surface area (Å²) in [7, 11) is 0. The number of amides is 1. The number of rotatable bonds is 3. The van der Waals surface area contributed by atoms with Crippen LogP contribution in [0.2, 0.25) is 0 Å². The van der Waals surface area contributed by atoms with Gasteiger partial charge in [0.1, 0.15) is 5.01 Å². The van der Waals surface area contributed by atoms with Crippen LogP contribution in [0.4, 0.5) is 5.13 Å². The lowest BCUT2D eigenvalue weighted by Gasteiger charge is -2.12. The molecule has 2 rings (SSSR count). The molecule has 0 aliphatic heterocycles. The van der Waals surface area contributed by atoms with Gasteiger partial charge in [0.25, 0.3) is 5.91 Å². The lowest BCUT2D eigenvalue weighted by molar-refractivity contribution is 0.102. The standard InChI is InChI=1S/C13H16N4OS/c1-8-5-4-6-9(7-8)10(18)15-12-17-16-11(19-12)13(2,3)14/h4-7H,14H2,1-3H3,(H,15,17,18). The Balaban J connectivity index is 2.13. The van der Waals surface area contributed by atoms with Gasteiger partial charge in [-0.25, -0.2) is 0 Å². The van der Waals surface area contributed by atoms with Crippen molar-refractivity contribution in [1.82, 2.24) is 10.2 Å². The van der Waals surface area contributed by atoms with Crippen LogP contribution in [0, 0.1) is 6.92 Å². The van der Waals surface area contributed by atoms with Gasteiger partial charge in [-0.2, -0.15) is 0 Å². The largest absolute Gasteiger partial charge is 0.320 e. The molecule has 1 aromatic carbocycles. The van der Waals surface area contributed by atoms with E-state index in [2.05, 4.69) is 15.5 Å². The van der Waals surface area contributed by atoms with E-state index in [0.717, 1.165) is 5.56 Å². The Labute approximate surface area is 115 Å². The third kappa shape index (κ3) is 3.36. The van der Waals surface area contributed by atoms with Gasteiger partial charge in [0.2, 0.25) is 5.13 Å². The second-order valence-corrected chi connectivity index (χ2v) is 5.94. The van der Waals surface area contributed by atoms with Gasteiger partial charge in [-0.05, 0) is 32.9 Å². The number of nitrogens with one attached hydrogen (secondary N) is 1. The van der Waals surface area contributed by atoms with Crippen LogP contribution in [0.15, 0.2) is 24.3 Å². The predicted octanol–water partition coefficient (Wildman–Crippen LogP) is 2.29. The molecule has 19 heavy (non-hydrogen) atoms. The molecule has 0 bridgehead atoms. The van der Waals surface area contributed by atoms with Crippen LogP contribution >= 0.6 is 11.3 Å². The van der Waals surface area contributed by atoms with Crippen molar-refractivity contribution < 1.29 is 4.79 Å². The zero-order valence-electron chi connectivity index (χ0n) is 11.1. The average molecular weight is 276 g/mol. The average Bonchev–Trinajstić information content (AvgIpc) is 2.77. The quantitative estimate of drug-likeness (QED) is 0.901. The van der Waals surface area contributed by atoms with E-state index in [1.807, 2.05) is 39.0 Å². The van der Waals surface area contributed by atoms with E-state index in [0.29, 0.717) is 15.7 Å². The Morgan fingerprint density at radius 1 is 1.37 bits per heavy atom. The molecule has 0 spiro atoms. The van der Waals surface area contributed by atoms with Gasteiger partial charge >= 0.3 is 0 Å². The number of nitrogens with two attached hydrogens (primary N) is 1. The lowest BCUT2D eigenvalue weighted by atomic mass is 10.1. The molecule has 0 saturated heterocycles. The van der Waals surface area contributed by atoms with Crippen LogP contribution in [0.1, 0.15) is 34.8 Å². The summed E-state index contributed by atoms with van der Waals surface area (Å²) in [5, 5.41) is 11.8. The summed E-state index contributed by atoms with van der Waals surface area (Å²) < 4.78 is 0. The molecule has 0 radical (unpaired) electrons. The second kappa shape index (κ2) is 5.07. The Kier molecular flexibility index (Phi) is 3.64. The molecule has 100 valence electrons. The van der Waals surface area contributed by atoms with Crippen LogP contribution in [-0.2, 0) is 5.54 Å². The second-order valence-electron chi connectivity index (χ2n) is 4.96. The highest BCUT2D eigenvalue weighted by Gasteiger charge is 2.20. The fraction of sp³-hybridized carbons (Fsp3) is 0.308. The Morgan fingerprint density at radius 2 is 2.11 bits per heavy atom. The molecular weight excluding hydrogens is 260 g/mol. The minimum Gasteiger partial charge on any atom is -0.320 e. The molecule has 0 saturated carbocycles. The molecule has 0 aliphatic carbocycles. The zero-order valence-corrected chi connectivity index (χ0v) is 11.9. The van der Waals surface area contributed by atoms with E-state index in [-0.39, 0.29) is 5.91 Å². The molecule has 2 aromatic rings. The summed E-state index contributed by atoms with van der Waals surface area (Å²) in [6.45, 7) is 5.64. The fourth-order valence-corrected chi connectivity index (χ4v) is 2.24. The first-order chi connectivity index (χ1) is 8.86. The Morgan fingerprint density at radius 3 is 2.68 bits per heavy atom. The minimum atomic E-state index is -0.552. The van der Waals surface area contributed by atoms with Crippen molar-refractivity contribution in [2.75, 3.05) is 5.32 Å². The SMILES string of the molecule is Cc1cccc(C(=O)Nc2nnc(C(C)(C)N)s2)c1. The molecule has 3 N–H and O–H groups in total. The van der Waals surface area contributed by atoms with Gasteiger partial charge in [0.15, 0.2) is 0 Å². The van der Waals surface area contributed by atoms with Crippen LogP contribution in [-0.4, -0.2) is 16.1 Å². The molecule has 0 atom stereocenters. The van der Waals surface area contributed by atoms with Gasteiger partial charge in [0, 0.05) is 5.56 Å². The van der Waals surface area contributed by atoms with E-state index in [9.17, 15) is 4.79 Å². The van der Waals surface area contributed by atoms with Gasteiger partial charge in [-0.1, -0.05) is 29.0 Å². The van der Waals surface area contributed by atoms with Crippen molar-refractivity contribution in [2.24, 2.45) is 5.73 Å². The van der Waals surface area contributed by atoms with Crippen molar-refractivity contribution in [1.29, 1.82) is 0 Å². The summed E-state index contributed by atoms with van der Waals surface area (Å²) >= 11 is 1.29. The summed E-state index contributed by atoms with van der Waals surface area (Å²) in [5.41, 5.74) is 7.01. The van der Waals surface area contributed by atoms with E-state index in [4.69, 9.17) is 5.73 Å². The maximum absolute atomic E-state index is 12.0. The maximum Gasteiger partial charge on any atom is 0.257 e. The summed E-state index contributed by atoms with van der Waals surface area (Å²) in [6.07, 6.45) is 0. The highest BCUT2D eigenvalue weighted by Crippen LogP contribution is 2.24. The van der Waals surface area contributed by atoms with Gasteiger partial charge in [0.05, 0.1) is 5.54 Å².